The van der Waals surface area contributed by atoms with Crippen LogP contribution in [0.25, 0.3) is 0 Å². The molecular formula is C15H23ClN2O. The van der Waals surface area contributed by atoms with E-state index in [-0.39, 0.29) is 18.3 Å². The molecule has 4 heteroatoms. The number of nitrogens with zero attached hydrogens (tertiary/aromatic N) is 1. The number of carbonyl (C=O) groups excluding carboxylic acids is 1. The fraction of sp³-hybridized carbons (Fsp3) is 0.533. The Balaban J connectivity index is 0.00000180. The fourth-order valence-electron chi connectivity index (χ4n) is 2.42. The highest BCUT2D eigenvalue weighted by molar-refractivity contribution is 5.94. The molecule has 106 valence electrons. The summed E-state index contributed by atoms with van der Waals surface area (Å²) in [6.07, 6.45) is 6.07. The van der Waals surface area contributed by atoms with Gasteiger partial charge in [-0.15, -0.1) is 12.4 Å². The first-order valence-corrected chi connectivity index (χ1v) is 6.89. The second kappa shape index (κ2) is 8.18. The molecule has 0 unspecified atom stereocenters. The zero-order valence-electron chi connectivity index (χ0n) is 11.3. The molecule has 0 aliphatic carbocycles. The highest BCUT2D eigenvalue weighted by atomic mass is 35.5. The molecule has 2 rings (SSSR count). The number of carbonyl (C=O) groups is 1. The minimum absolute atomic E-state index is 0. The fourth-order valence-corrected chi connectivity index (χ4v) is 2.42. The number of hydrogen-bond acceptors (Lipinski definition) is 2. The quantitative estimate of drug-likeness (QED) is 0.906. The average molecular weight is 283 g/mol. The molecule has 1 fully saturated rings. The molecule has 0 bridgehead atoms. The van der Waals surface area contributed by atoms with Crippen molar-refractivity contribution in [2.24, 2.45) is 5.73 Å². The predicted octanol–water partition coefficient (Wildman–Crippen LogP) is 2.97. The molecule has 0 atom stereocenters. The van der Waals surface area contributed by atoms with Gasteiger partial charge >= 0.3 is 0 Å². The van der Waals surface area contributed by atoms with E-state index in [2.05, 4.69) is 0 Å². The molecule has 2 N–H and O–H groups in total. The normalized spacial score (nSPS) is 16.2. The van der Waals surface area contributed by atoms with E-state index < -0.39 is 0 Å². The molecule has 1 aromatic rings. The molecule has 0 spiro atoms. The van der Waals surface area contributed by atoms with Crippen LogP contribution in [-0.2, 0) is 6.54 Å². The lowest BCUT2D eigenvalue weighted by molar-refractivity contribution is 0.0742. The lowest BCUT2D eigenvalue weighted by atomic mass is 10.1. The number of rotatable bonds is 2. The van der Waals surface area contributed by atoms with Crippen molar-refractivity contribution in [2.75, 3.05) is 13.1 Å². The first-order chi connectivity index (χ1) is 8.81. The van der Waals surface area contributed by atoms with Crippen molar-refractivity contribution < 1.29 is 4.79 Å². The zero-order valence-corrected chi connectivity index (χ0v) is 12.1. The van der Waals surface area contributed by atoms with E-state index >= 15 is 0 Å². The first kappa shape index (κ1) is 16.0. The number of hydrogen-bond donors (Lipinski definition) is 1. The van der Waals surface area contributed by atoms with Crippen molar-refractivity contribution in [2.45, 2.75) is 38.6 Å². The van der Waals surface area contributed by atoms with Crippen molar-refractivity contribution in [1.82, 2.24) is 4.90 Å². The average Bonchev–Trinajstić information content (AvgIpc) is 2.38. The Hall–Kier alpha value is -1.06. The molecule has 1 saturated heterocycles. The Morgan fingerprint density at radius 1 is 1.00 bits per heavy atom. The van der Waals surface area contributed by atoms with Gasteiger partial charge in [0.2, 0.25) is 0 Å². The van der Waals surface area contributed by atoms with Crippen LogP contribution in [-0.4, -0.2) is 23.9 Å². The van der Waals surface area contributed by atoms with Gasteiger partial charge in [-0.05, 0) is 30.5 Å². The molecule has 19 heavy (non-hydrogen) atoms. The van der Waals surface area contributed by atoms with Crippen molar-refractivity contribution >= 4 is 18.3 Å². The van der Waals surface area contributed by atoms with E-state index in [1.54, 1.807) is 0 Å². The van der Waals surface area contributed by atoms with Crippen LogP contribution >= 0.6 is 12.4 Å². The van der Waals surface area contributed by atoms with E-state index in [4.69, 9.17) is 5.73 Å². The molecule has 0 aromatic heterocycles. The standard InChI is InChI=1S/C15H22N2O.ClH/c16-12-13-6-8-14(9-7-13)15(18)17-10-4-2-1-3-5-11-17;/h6-9H,1-5,10-12,16H2;1H. The van der Waals surface area contributed by atoms with Gasteiger partial charge in [-0.25, -0.2) is 0 Å². The van der Waals surface area contributed by atoms with Crippen LogP contribution in [0.3, 0.4) is 0 Å². The van der Waals surface area contributed by atoms with E-state index in [0.717, 1.165) is 37.1 Å². The SMILES string of the molecule is Cl.NCc1ccc(C(=O)N2CCCCCCC2)cc1. The lowest BCUT2D eigenvalue weighted by Crippen LogP contribution is -2.33. The Morgan fingerprint density at radius 3 is 2.05 bits per heavy atom. The summed E-state index contributed by atoms with van der Waals surface area (Å²) >= 11 is 0. The topological polar surface area (TPSA) is 46.3 Å². The summed E-state index contributed by atoms with van der Waals surface area (Å²) in [5.41, 5.74) is 7.42. The molecule has 1 aliphatic rings. The second-order valence-corrected chi connectivity index (χ2v) is 4.96. The minimum atomic E-state index is 0. The molecule has 0 radical (unpaired) electrons. The van der Waals surface area contributed by atoms with Gasteiger partial charge in [-0.2, -0.15) is 0 Å². The van der Waals surface area contributed by atoms with Crippen LogP contribution in [0.2, 0.25) is 0 Å². The monoisotopic (exact) mass is 282 g/mol. The molecule has 1 amide bonds. The third-order valence-corrected chi connectivity index (χ3v) is 3.58. The number of halogens is 1. The summed E-state index contributed by atoms with van der Waals surface area (Å²) < 4.78 is 0. The van der Waals surface area contributed by atoms with Crippen molar-refractivity contribution in [1.29, 1.82) is 0 Å². The highest BCUT2D eigenvalue weighted by Crippen LogP contribution is 2.14. The zero-order chi connectivity index (χ0) is 12.8. The maximum Gasteiger partial charge on any atom is 0.253 e. The smallest absolute Gasteiger partial charge is 0.253 e. The van der Waals surface area contributed by atoms with Crippen molar-refractivity contribution in [3.8, 4) is 0 Å². The highest BCUT2D eigenvalue weighted by Gasteiger charge is 2.16. The van der Waals surface area contributed by atoms with Crippen molar-refractivity contribution in [3.63, 3.8) is 0 Å². The summed E-state index contributed by atoms with van der Waals surface area (Å²) in [5.74, 6) is 0.167. The van der Waals surface area contributed by atoms with Crippen LogP contribution in [0.15, 0.2) is 24.3 Å². The Bertz CT molecular complexity index is 384. The van der Waals surface area contributed by atoms with Crippen LogP contribution < -0.4 is 5.73 Å². The maximum atomic E-state index is 12.4. The number of benzene rings is 1. The second-order valence-electron chi connectivity index (χ2n) is 4.96. The molecule has 0 saturated carbocycles. The van der Waals surface area contributed by atoms with E-state index in [9.17, 15) is 4.79 Å². The van der Waals surface area contributed by atoms with Crippen molar-refractivity contribution in [3.05, 3.63) is 35.4 Å². The van der Waals surface area contributed by atoms with E-state index in [1.165, 1.54) is 19.3 Å². The Kier molecular flexibility index (Phi) is 6.89. The van der Waals surface area contributed by atoms with Crippen LogP contribution in [0.4, 0.5) is 0 Å². The first-order valence-electron chi connectivity index (χ1n) is 6.89. The molecule has 1 aromatic carbocycles. The third-order valence-electron chi connectivity index (χ3n) is 3.58. The third kappa shape index (κ3) is 4.51. The predicted molar refractivity (Wildman–Crippen MR) is 80.6 cm³/mol. The van der Waals surface area contributed by atoms with Gasteiger partial charge in [0.1, 0.15) is 0 Å². The molecule has 1 heterocycles. The van der Waals surface area contributed by atoms with Gasteiger partial charge in [-0.3, -0.25) is 4.79 Å². The largest absolute Gasteiger partial charge is 0.339 e. The van der Waals surface area contributed by atoms with Gasteiger partial charge < -0.3 is 10.6 Å². The van der Waals surface area contributed by atoms with Gasteiger partial charge in [0.05, 0.1) is 0 Å². The van der Waals surface area contributed by atoms with Gasteiger partial charge in [0.15, 0.2) is 0 Å². The lowest BCUT2D eigenvalue weighted by Gasteiger charge is -2.24. The molecular weight excluding hydrogens is 260 g/mol. The summed E-state index contributed by atoms with van der Waals surface area (Å²) in [5, 5.41) is 0. The molecule has 3 nitrogen and oxygen atoms in total. The molecule has 1 aliphatic heterocycles. The summed E-state index contributed by atoms with van der Waals surface area (Å²) in [7, 11) is 0. The van der Waals surface area contributed by atoms with E-state index in [1.807, 2.05) is 29.2 Å². The Labute approximate surface area is 121 Å². The number of nitrogens with two attached hydrogens (primary N) is 1. The van der Waals surface area contributed by atoms with Crippen LogP contribution in [0, 0.1) is 0 Å². The summed E-state index contributed by atoms with van der Waals surface area (Å²) in [4.78, 5) is 14.4. The van der Waals surface area contributed by atoms with Crippen LogP contribution in [0.1, 0.15) is 48.0 Å². The minimum Gasteiger partial charge on any atom is -0.339 e. The number of likely N-dealkylation sites (tertiary alicyclic amines) is 1. The number of amides is 1. The maximum absolute atomic E-state index is 12.4. The summed E-state index contributed by atoms with van der Waals surface area (Å²) in [6.45, 7) is 2.33. The van der Waals surface area contributed by atoms with Crippen LogP contribution in [0.5, 0.6) is 0 Å². The van der Waals surface area contributed by atoms with E-state index in [0.29, 0.717) is 6.54 Å². The summed E-state index contributed by atoms with van der Waals surface area (Å²) in [6, 6.07) is 7.67. The van der Waals surface area contributed by atoms with Gasteiger partial charge in [0.25, 0.3) is 5.91 Å². The van der Waals surface area contributed by atoms with Gasteiger partial charge in [0, 0.05) is 25.2 Å². The Morgan fingerprint density at radius 2 is 1.53 bits per heavy atom. The van der Waals surface area contributed by atoms with Gasteiger partial charge in [-0.1, -0.05) is 31.4 Å².